The van der Waals surface area contributed by atoms with Gasteiger partial charge in [0, 0.05) is 70.0 Å². The summed E-state index contributed by atoms with van der Waals surface area (Å²) in [6.07, 6.45) is 4.10. The molecule has 0 aliphatic heterocycles. The minimum atomic E-state index is -2.15. The summed E-state index contributed by atoms with van der Waals surface area (Å²) in [5.41, 5.74) is 7.36. The maximum Gasteiger partial charge on any atom is 0.234 e. The fraction of sp³-hybridized carbons (Fsp3) is 0. The summed E-state index contributed by atoms with van der Waals surface area (Å²) in [5, 5.41) is 6.99. The van der Waals surface area contributed by atoms with Crippen LogP contribution in [0.5, 0.6) is 0 Å². The molecule has 58 heavy (non-hydrogen) atoms. The molecule has 4 aromatic heterocycles. The van der Waals surface area contributed by atoms with Gasteiger partial charge in [-0.25, -0.2) is 9.97 Å². The van der Waals surface area contributed by atoms with Crippen molar-refractivity contribution in [1.82, 2.24) is 19.1 Å². The van der Waals surface area contributed by atoms with E-state index in [1.807, 2.05) is 18.5 Å². The summed E-state index contributed by atoms with van der Waals surface area (Å²) in [6, 6.07) is 69.1. The van der Waals surface area contributed by atoms with Crippen molar-refractivity contribution in [2.75, 3.05) is 0 Å². The van der Waals surface area contributed by atoms with Crippen LogP contribution in [0.3, 0.4) is 0 Å². The molecule has 12 aromatic rings. The van der Waals surface area contributed by atoms with Gasteiger partial charge in [-0.2, -0.15) is 0 Å². The van der Waals surface area contributed by atoms with Gasteiger partial charge in [0.1, 0.15) is 11.2 Å². The molecular formula is C52H34N4OS. The Labute approximate surface area is 335 Å². The van der Waals surface area contributed by atoms with Crippen LogP contribution in [0, 0.1) is 0 Å². The highest BCUT2D eigenvalue weighted by atomic mass is 32.3. The molecule has 0 spiro atoms. The van der Waals surface area contributed by atoms with Crippen molar-refractivity contribution in [1.29, 1.82) is 0 Å². The fourth-order valence-corrected chi connectivity index (χ4v) is 12.9. The summed E-state index contributed by atoms with van der Waals surface area (Å²) in [7, 11) is -2.15. The van der Waals surface area contributed by atoms with Crippen LogP contribution < -0.4 is 0 Å². The van der Waals surface area contributed by atoms with E-state index < -0.39 is 10.0 Å². The summed E-state index contributed by atoms with van der Waals surface area (Å²) in [5.74, 6) is 0.621. The van der Waals surface area contributed by atoms with Gasteiger partial charge in [0.25, 0.3) is 0 Å². The zero-order valence-electron chi connectivity index (χ0n) is 31.2. The number of furan rings is 1. The Bertz CT molecular complexity index is 3420. The number of fused-ring (bicyclic) bond motifs is 9. The highest BCUT2D eigenvalue weighted by Gasteiger charge is 2.37. The van der Waals surface area contributed by atoms with Crippen molar-refractivity contribution < 1.29 is 4.42 Å². The zero-order valence-corrected chi connectivity index (χ0v) is 32.1. The van der Waals surface area contributed by atoms with E-state index in [9.17, 15) is 0 Å². The largest absolute Gasteiger partial charge is 0.455 e. The first-order valence-corrected chi connectivity index (χ1v) is 21.1. The maximum atomic E-state index is 6.79. The number of para-hydroxylation sites is 5. The van der Waals surface area contributed by atoms with Crippen LogP contribution in [0.1, 0.15) is 0 Å². The third-order valence-electron chi connectivity index (χ3n) is 11.6. The lowest BCUT2D eigenvalue weighted by atomic mass is 10.1. The highest BCUT2D eigenvalue weighted by Crippen LogP contribution is 2.74. The van der Waals surface area contributed by atoms with E-state index in [2.05, 4.69) is 197 Å². The molecule has 0 amide bonds. The Hall–Kier alpha value is -7.41. The Morgan fingerprint density at radius 3 is 1.52 bits per heavy atom. The number of rotatable bonds is 6. The van der Waals surface area contributed by atoms with Crippen LogP contribution in [0.4, 0.5) is 0 Å². The van der Waals surface area contributed by atoms with Crippen molar-refractivity contribution in [2.24, 2.45) is 0 Å². The monoisotopic (exact) mass is 762 g/mol. The number of benzene rings is 8. The van der Waals surface area contributed by atoms with Crippen LogP contribution in [0.2, 0.25) is 0 Å². The highest BCUT2D eigenvalue weighted by molar-refractivity contribution is 8.34. The predicted octanol–water partition coefficient (Wildman–Crippen LogP) is 13.9. The van der Waals surface area contributed by atoms with E-state index in [4.69, 9.17) is 14.4 Å². The lowest BCUT2D eigenvalue weighted by molar-refractivity contribution is 0.659. The van der Waals surface area contributed by atoms with E-state index in [-0.39, 0.29) is 0 Å². The molecule has 274 valence electrons. The Kier molecular flexibility index (Phi) is 7.25. The average Bonchev–Trinajstić information content (AvgIpc) is 3.96. The average molecular weight is 763 g/mol. The molecular weight excluding hydrogens is 729 g/mol. The quantitative estimate of drug-likeness (QED) is 0.169. The smallest absolute Gasteiger partial charge is 0.234 e. The van der Waals surface area contributed by atoms with Gasteiger partial charge in [0.15, 0.2) is 0 Å². The van der Waals surface area contributed by atoms with Crippen LogP contribution in [-0.2, 0) is 0 Å². The molecule has 0 aliphatic carbocycles. The Morgan fingerprint density at radius 2 is 0.879 bits per heavy atom. The summed E-state index contributed by atoms with van der Waals surface area (Å²) >= 11 is 0. The summed E-state index contributed by atoms with van der Waals surface area (Å²) < 4.78 is 11.4. The first kappa shape index (κ1) is 32.8. The Balaban J connectivity index is 1.08. The normalized spacial score (nSPS) is 12.4. The number of hydrogen-bond acceptors (Lipinski definition) is 3. The van der Waals surface area contributed by atoms with Crippen LogP contribution in [-0.4, -0.2) is 19.1 Å². The summed E-state index contributed by atoms with van der Waals surface area (Å²) in [6.45, 7) is 0. The van der Waals surface area contributed by atoms with E-state index in [1.165, 1.54) is 31.6 Å². The van der Waals surface area contributed by atoms with Crippen LogP contribution in [0.25, 0.3) is 77.2 Å². The van der Waals surface area contributed by atoms with Crippen LogP contribution >= 0.6 is 10.0 Å². The molecule has 0 N–H and O–H groups in total. The molecule has 0 fully saturated rings. The maximum absolute atomic E-state index is 6.79. The second-order valence-corrected chi connectivity index (χ2v) is 17.7. The minimum absolute atomic E-state index is 0.621. The van der Waals surface area contributed by atoms with Gasteiger partial charge in [-0.1, -0.05) is 121 Å². The van der Waals surface area contributed by atoms with E-state index >= 15 is 0 Å². The molecule has 6 heteroatoms. The molecule has 0 bridgehead atoms. The standard InChI is InChI=1S/C52H34N4OS/c1-3-16-36(17-4-1)58(37-18-5-2-6-19-37,50-29-15-24-43-42-23-10-14-28-49(42)57-51(43)50)38-33-53-52(54-34-38)56-47-27-13-9-22-41(47)44-32-35(30-31-48(44)56)55-45-25-11-7-20-39(45)40-21-8-12-26-46(40)55/h1-34H. The number of aromatic nitrogens is 4. The molecule has 5 nitrogen and oxygen atoms in total. The molecule has 8 aromatic carbocycles. The van der Waals surface area contributed by atoms with E-state index in [1.54, 1.807) is 0 Å². The van der Waals surface area contributed by atoms with Gasteiger partial charge in [-0.3, -0.25) is 4.57 Å². The molecule has 0 saturated heterocycles. The zero-order chi connectivity index (χ0) is 38.2. The SMILES string of the molecule is c1ccc(S(c2ccccc2)(c2cnc(-n3c4ccccc4c4cc(-n5c6ccccc6c6ccccc65)ccc43)nc2)c2cccc3c2oc2ccccc23)cc1. The molecule has 4 heterocycles. The minimum Gasteiger partial charge on any atom is -0.455 e. The lowest BCUT2D eigenvalue weighted by Gasteiger charge is -2.41. The topological polar surface area (TPSA) is 48.8 Å². The lowest BCUT2D eigenvalue weighted by Crippen LogP contribution is -2.08. The van der Waals surface area contributed by atoms with Gasteiger partial charge < -0.3 is 8.98 Å². The first-order chi connectivity index (χ1) is 28.8. The second kappa shape index (κ2) is 12.8. The third-order valence-corrected chi connectivity index (χ3v) is 15.4. The van der Waals surface area contributed by atoms with Gasteiger partial charge >= 0.3 is 0 Å². The molecule has 12 rings (SSSR count). The number of nitrogens with zero attached hydrogens (tertiary/aromatic N) is 4. The summed E-state index contributed by atoms with van der Waals surface area (Å²) in [4.78, 5) is 15.1. The van der Waals surface area contributed by atoms with Gasteiger partial charge in [0.2, 0.25) is 5.95 Å². The van der Waals surface area contributed by atoms with Crippen molar-refractivity contribution in [3.8, 4) is 11.6 Å². The van der Waals surface area contributed by atoms with Crippen molar-refractivity contribution in [3.63, 3.8) is 0 Å². The molecule has 0 radical (unpaired) electrons. The van der Waals surface area contributed by atoms with Crippen LogP contribution in [0.15, 0.2) is 231 Å². The first-order valence-electron chi connectivity index (χ1n) is 19.5. The molecule has 0 unspecified atom stereocenters. The van der Waals surface area contributed by atoms with Gasteiger partial charge in [0.05, 0.1) is 22.1 Å². The third kappa shape index (κ3) is 4.67. The predicted molar refractivity (Wildman–Crippen MR) is 238 cm³/mol. The van der Waals surface area contributed by atoms with Gasteiger partial charge in [-0.15, -0.1) is 10.0 Å². The number of hydrogen-bond donors (Lipinski definition) is 0. The second-order valence-electron chi connectivity index (χ2n) is 14.6. The molecule has 0 aliphatic rings. The van der Waals surface area contributed by atoms with E-state index in [0.29, 0.717) is 5.95 Å². The van der Waals surface area contributed by atoms with Gasteiger partial charge in [-0.05, 0) is 72.8 Å². The molecule has 0 saturated carbocycles. The van der Waals surface area contributed by atoms with Crippen molar-refractivity contribution in [2.45, 2.75) is 19.6 Å². The van der Waals surface area contributed by atoms with Crippen molar-refractivity contribution in [3.05, 3.63) is 207 Å². The van der Waals surface area contributed by atoms with E-state index in [0.717, 1.165) is 59.2 Å². The van der Waals surface area contributed by atoms with Crippen molar-refractivity contribution >= 4 is 75.6 Å². The fourth-order valence-electron chi connectivity index (χ4n) is 9.10. The molecule has 0 atom stereocenters. The Morgan fingerprint density at radius 1 is 0.379 bits per heavy atom.